The molecule has 0 unspecified atom stereocenters. The fourth-order valence-corrected chi connectivity index (χ4v) is 7.95. The van der Waals surface area contributed by atoms with Crippen LogP contribution < -0.4 is 9.47 Å². The normalized spacial score (nSPS) is 16.0. The second-order valence-electron chi connectivity index (χ2n) is 12.3. The van der Waals surface area contributed by atoms with Crippen molar-refractivity contribution >= 4 is 16.0 Å². The van der Waals surface area contributed by atoms with Crippen molar-refractivity contribution in [2.24, 2.45) is 0 Å². The number of carbonyl (C=O) groups excluding carboxylic acids is 1. The van der Waals surface area contributed by atoms with Gasteiger partial charge in [-0.2, -0.15) is 0 Å². The molecule has 3 aliphatic carbocycles. The maximum atomic E-state index is 13.4. The van der Waals surface area contributed by atoms with Crippen LogP contribution >= 0.6 is 0 Å². The smallest absolute Gasteiger partial charge is 0.457 e. The molecule has 3 aliphatic rings. The standard InChI is InChI=1S/C39H34O6S/c1-23(2)25-13-17-27(18-14-25)46(41,42)28-19-15-26(16-20-28)44-33-21-22-34(45-39(40)43-24(3)4)38-36-31-11-7-5-9-29(31)35(37(33)38)30-10-6-8-12-32(30)36/h5-24,35-36H,1-4H3. The number of hydrogen-bond acceptors (Lipinski definition) is 6. The van der Waals surface area contributed by atoms with Gasteiger partial charge in [0.05, 0.1) is 15.9 Å². The molecular weight excluding hydrogens is 596 g/mol. The summed E-state index contributed by atoms with van der Waals surface area (Å²) in [5, 5.41) is 0. The molecule has 2 bridgehead atoms. The lowest BCUT2D eigenvalue weighted by Gasteiger charge is -2.43. The second-order valence-corrected chi connectivity index (χ2v) is 14.3. The molecule has 0 saturated heterocycles. The summed E-state index contributed by atoms with van der Waals surface area (Å²) in [5.41, 5.74) is 7.54. The van der Waals surface area contributed by atoms with E-state index in [2.05, 4.69) is 38.1 Å². The average Bonchev–Trinajstić information content (AvgIpc) is 3.05. The van der Waals surface area contributed by atoms with Crippen LogP contribution in [-0.4, -0.2) is 20.7 Å². The first-order valence-corrected chi connectivity index (χ1v) is 17.0. The Hall–Kier alpha value is -4.88. The van der Waals surface area contributed by atoms with Crippen molar-refractivity contribution in [3.63, 3.8) is 0 Å². The molecular formula is C39H34O6S. The number of carbonyl (C=O) groups is 1. The molecule has 0 spiro atoms. The Morgan fingerprint density at radius 2 is 1.07 bits per heavy atom. The van der Waals surface area contributed by atoms with Gasteiger partial charge in [0.25, 0.3) is 0 Å². The van der Waals surface area contributed by atoms with Crippen LogP contribution in [0.15, 0.2) is 119 Å². The highest BCUT2D eigenvalue weighted by atomic mass is 32.2. The lowest BCUT2D eigenvalue weighted by molar-refractivity contribution is 0.0725. The Morgan fingerprint density at radius 1 is 0.609 bits per heavy atom. The Bertz CT molecular complexity index is 2010. The van der Waals surface area contributed by atoms with E-state index in [0.717, 1.165) is 27.8 Å². The lowest BCUT2D eigenvalue weighted by Crippen LogP contribution is -2.29. The third-order valence-corrected chi connectivity index (χ3v) is 10.6. The van der Waals surface area contributed by atoms with E-state index in [1.54, 1.807) is 56.3 Å². The largest absolute Gasteiger partial charge is 0.514 e. The van der Waals surface area contributed by atoms with Crippen molar-refractivity contribution in [1.29, 1.82) is 0 Å². The first-order chi connectivity index (χ1) is 22.1. The molecule has 0 heterocycles. The van der Waals surface area contributed by atoms with Crippen LogP contribution in [0.5, 0.6) is 17.2 Å². The lowest BCUT2D eigenvalue weighted by atomic mass is 9.60. The van der Waals surface area contributed by atoms with Crippen molar-refractivity contribution in [2.45, 2.75) is 61.3 Å². The van der Waals surface area contributed by atoms with Crippen molar-refractivity contribution in [3.8, 4) is 17.2 Å². The first-order valence-electron chi connectivity index (χ1n) is 15.5. The van der Waals surface area contributed by atoms with Gasteiger partial charge >= 0.3 is 6.16 Å². The van der Waals surface area contributed by atoms with Crippen molar-refractivity contribution < 1.29 is 27.4 Å². The molecule has 0 amide bonds. The fourth-order valence-electron chi connectivity index (χ4n) is 6.69. The summed E-state index contributed by atoms with van der Waals surface area (Å²) in [6, 6.07) is 33.8. The van der Waals surface area contributed by atoms with E-state index >= 15 is 0 Å². The second kappa shape index (κ2) is 11.5. The highest BCUT2D eigenvalue weighted by molar-refractivity contribution is 7.91. The molecule has 0 N–H and O–H groups in total. The summed E-state index contributed by atoms with van der Waals surface area (Å²) in [6.45, 7) is 7.70. The summed E-state index contributed by atoms with van der Waals surface area (Å²) >= 11 is 0. The highest BCUT2D eigenvalue weighted by Gasteiger charge is 2.45. The highest BCUT2D eigenvalue weighted by Crippen LogP contribution is 2.60. The van der Waals surface area contributed by atoms with Crippen LogP contribution in [0, 0.1) is 0 Å². The Balaban J connectivity index is 1.28. The van der Waals surface area contributed by atoms with Crippen molar-refractivity contribution in [1.82, 2.24) is 0 Å². The molecule has 0 atom stereocenters. The third-order valence-electron chi connectivity index (χ3n) is 8.76. The van der Waals surface area contributed by atoms with E-state index in [1.807, 2.05) is 42.5 Å². The number of sulfone groups is 1. The SMILES string of the molecule is CC(C)OC(=O)Oc1ccc(Oc2ccc(S(=O)(=O)c3ccc(C(C)C)cc3)cc2)c2c1C1c3ccccc3C2c2ccccc21. The summed E-state index contributed by atoms with van der Waals surface area (Å²) in [6.07, 6.45) is -1.08. The maximum absolute atomic E-state index is 13.4. The van der Waals surface area contributed by atoms with Crippen molar-refractivity contribution in [3.05, 3.63) is 148 Å². The van der Waals surface area contributed by atoms with Gasteiger partial charge in [-0.1, -0.05) is 74.5 Å². The van der Waals surface area contributed by atoms with Crippen LogP contribution in [-0.2, 0) is 14.6 Å². The van der Waals surface area contributed by atoms with Gasteiger partial charge in [-0.3, -0.25) is 0 Å². The van der Waals surface area contributed by atoms with Gasteiger partial charge in [0.15, 0.2) is 0 Å². The Labute approximate surface area is 269 Å². The van der Waals surface area contributed by atoms with E-state index in [1.165, 1.54) is 11.1 Å². The molecule has 46 heavy (non-hydrogen) atoms. The molecule has 8 rings (SSSR count). The van der Waals surface area contributed by atoms with Crippen LogP contribution in [0.4, 0.5) is 4.79 Å². The first kappa shape index (κ1) is 29.8. The van der Waals surface area contributed by atoms with E-state index in [4.69, 9.17) is 14.2 Å². The van der Waals surface area contributed by atoms with Gasteiger partial charge in [-0.15, -0.1) is 0 Å². The number of rotatable bonds is 7. The minimum Gasteiger partial charge on any atom is -0.457 e. The van der Waals surface area contributed by atoms with Crippen LogP contribution in [0.1, 0.15) is 84.4 Å². The zero-order valence-electron chi connectivity index (χ0n) is 26.1. The molecule has 0 radical (unpaired) electrons. The predicted octanol–water partition coefficient (Wildman–Crippen LogP) is 9.35. The summed E-state index contributed by atoms with van der Waals surface area (Å²) in [4.78, 5) is 13.2. The summed E-state index contributed by atoms with van der Waals surface area (Å²) in [5.74, 6) is 1.51. The van der Waals surface area contributed by atoms with Crippen molar-refractivity contribution in [2.75, 3.05) is 0 Å². The van der Waals surface area contributed by atoms with Crippen LogP contribution in [0.2, 0.25) is 0 Å². The number of benzene rings is 5. The van der Waals surface area contributed by atoms with E-state index in [9.17, 15) is 13.2 Å². The van der Waals surface area contributed by atoms with Gasteiger partial charge in [0.1, 0.15) is 17.2 Å². The zero-order valence-corrected chi connectivity index (χ0v) is 26.9. The average molecular weight is 631 g/mol. The zero-order chi connectivity index (χ0) is 32.2. The molecule has 5 aromatic carbocycles. The topological polar surface area (TPSA) is 78.9 Å². The van der Waals surface area contributed by atoms with Crippen LogP contribution in [0.3, 0.4) is 0 Å². The minimum atomic E-state index is -3.70. The number of hydrogen-bond donors (Lipinski definition) is 0. The van der Waals surface area contributed by atoms with Crippen LogP contribution in [0.25, 0.3) is 0 Å². The molecule has 6 nitrogen and oxygen atoms in total. The quantitative estimate of drug-likeness (QED) is 0.129. The molecule has 5 aromatic rings. The summed E-state index contributed by atoms with van der Waals surface area (Å²) < 4.78 is 44.5. The Morgan fingerprint density at radius 3 is 1.54 bits per heavy atom. The van der Waals surface area contributed by atoms with E-state index in [-0.39, 0.29) is 27.7 Å². The monoisotopic (exact) mass is 630 g/mol. The molecule has 0 aliphatic heterocycles. The molecule has 0 aromatic heterocycles. The third kappa shape index (κ3) is 5.05. The minimum absolute atomic E-state index is 0.152. The molecule has 7 heteroatoms. The van der Waals surface area contributed by atoms with Gasteiger partial charge in [-0.05, 0) is 96.1 Å². The van der Waals surface area contributed by atoms with E-state index in [0.29, 0.717) is 23.2 Å². The predicted molar refractivity (Wildman–Crippen MR) is 176 cm³/mol. The fraction of sp³-hybridized carbons (Fsp3) is 0.205. The molecule has 0 saturated carbocycles. The molecule has 0 fully saturated rings. The van der Waals surface area contributed by atoms with Gasteiger partial charge in [0.2, 0.25) is 9.84 Å². The van der Waals surface area contributed by atoms with Gasteiger partial charge in [-0.25, -0.2) is 13.2 Å². The molecule has 232 valence electrons. The maximum Gasteiger partial charge on any atom is 0.514 e. The summed E-state index contributed by atoms with van der Waals surface area (Å²) in [7, 11) is -3.70. The van der Waals surface area contributed by atoms with E-state index < -0.39 is 16.0 Å². The number of ether oxygens (including phenoxy) is 3. The van der Waals surface area contributed by atoms with Gasteiger partial charge in [0, 0.05) is 23.0 Å². The van der Waals surface area contributed by atoms with Gasteiger partial charge < -0.3 is 14.2 Å². The Kier molecular flexibility index (Phi) is 7.44.